The second-order valence-corrected chi connectivity index (χ2v) is 7.43. The number of benzene rings is 3. The van der Waals surface area contributed by atoms with Crippen molar-refractivity contribution >= 4 is 33.1 Å². The van der Waals surface area contributed by atoms with Crippen molar-refractivity contribution in [2.45, 2.75) is 6.18 Å². The van der Waals surface area contributed by atoms with Crippen LogP contribution in [0, 0.1) is 0 Å². The van der Waals surface area contributed by atoms with Crippen molar-refractivity contribution < 1.29 is 22.7 Å². The highest BCUT2D eigenvalue weighted by molar-refractivity contribution is 7.21. The molecule has 4 nitrogen and oxygen atoms in total. The fraction of sp³-hybridized carbons (Fsp3) is 0.0909. The van der Waals surface area contributed by atoms with Crippen LogP contribution >= 0.6 is 11.3 Å². The van der Waals surface area contributed by atoms with Gasteiger partial charge in [0, 0.05) is 5.56 Å². The molecule has 0 aliphatic rings. The van der Waals surface area contributed by atoms with Gasteiger partial charge in [-0.25, -0.2) is 4.98 Å². The SMILES string of the molecule is O=C(COc1cccc(C(F)(F)F)c1)Nc1ccccc1-c1nc2ccccc2s1. The summed E-state index contributed by atoms with van der Waals surface area (Å²) < 4.78 is 44.7. The predicted octanol–water partition coefficient (Wildman–Crippen LogP) is 6.00. The molecule has 0 saturated carbocycles. The van der Waals surface area contributed by atoms with Gasteiger partial charge in [0.2, 0.25) is 0 Å². The van der Waals surface area contributed by atoms with Gasteiger partial charge < -0.3 is 10.1 Å². The number of hydrogen-bond donors (Lipinski definition) is 1. The predicted molar refractivity (Wildman–Crippen MR) is 111 cm³/mol. The number of para-hydroxylation sites is 2. The highest BCUT2D eigenvalue weighted by Crippen LogP contribution is 2.34. The summed E-state index contributed by atoms with van der Waals surface area (Å²) in [5.74, 6) is -0.514. The Kier molecular flexibility index (Phi) is 5.41. The van der Waals surface area contributed by atoms with Gasteiger partial charge in [0.15, 0.2) is 6.61 Å². The molecule has 0 aliphatic carbocycles. The van der Waals surface area contributed by atoms with E-state index in [0.29, 0.717) is 5.69 Å². The van der Waals surface area contributed by atoms with Gasteiger partial charge in [-0.05, 0) is 42.5 Å². The number of carbonyl (C=O) groups is 1. The molecule has 4 rings (SSSR count). The number of anilines is 1. The quantitative estimate of drug-likeness (QED) is 0.424. The minimum absolute atomic E-state index is 0.0283. The summed E-state index contributed by atoms with van der Waals surface area (Å²) in [4.78, 5) is 17.0. The van der Waals surface area contributed by atoms with E-state index in [-0.39, 0.29) is 5.75 Å². The zero-order valence-electron chi connectivity index (χ0n) is 15.4. The Morgan fingerprint density at radius 2 is 1.77 bits per heavy atom. The van der Waals surface area contributed by atoms with Gasteiger partial charge in [-0.3, -0.25) is 4.79 Å². The number of nitrogens with zero attached hydrogens (tertiary/aromatic N) is 1. The molecule has 3 aromatic carbocycles. The second kappa shape index (κ2) is 8.16. The van der Waals surface area contributed by atoms with E-state index in [2.05, 4.69) is 10.3 Å². The van der Waals surface area contributed by atoms with Gasteiger partial charge in [0.25, 0.3) is 5.91 Å². The van der Waals surface area contributed by atoms with Crippen molar-refractivity contribution in [3.63, 3.8) is 0 Å². The van der Waals surface area contributed by atoms with Crippen LogP contribution in [-0.2, 0) is 11.0 Å². The third-order valence-corrected chi connectivity index (χ3v) is 5.33. The molecule has 152 valence electrons. The number of rotatable bonds is 5. The molecule has 30 heavy (non-hydrogen) atoms. The molecule has 0 aliphatic heterocycles. The van der Waals surface area contributed by atoms with E-state index in [1.165, 1.54) is 23.5 Å². The number of nitrogens with one attached hydrogen (secondary N) is 1. The van der Waals surface area contributed by atoms with Crippen LogP contribution in [0.4, 0.5) is 18.9 Å². The average Bonchev–Trinajstić information content (AvgIpc) is 3.16. The van der Waals surface area contributed by atoms with Crippen LogP contribution in [0.3, 0.4) is 0 Å². The van der Waals surface area contributed by atoms with E-state index < -0.39 is 24.3 Å². The summed E-state index contributed by atoms with van der Waals surface area (Å²) in [6.07, 6.45) is -4.47. The van der Waals surface area contributed by atoms with E-state index in [1.54, 1.807) is 12.1 Å². The van der Waals surface area contributed by atoms with Crippen LogP contribution < -0.4 is 10.1 Å². The number of ether oxygens (including phenoxy) is 1. The number of halogens is 3. The molecule has 0 spiro atoms. The van der Waals surface area contributed by atoms with Gasteiger partial charge in [-0.2, -0.15) is 13.2 Å². The standard InChI is InChI=1S/C22H15F3N2O2S/c23-22(24,25)14-6-5-7-15(12-14)29-13-20(28)26-17-9-2-1-8-16(17)21-27-18-10-3-4-11-19(18)30-21/h1-12H,13H2,(H,26,28). The molecular formula is C22H15F3N2O2S. The lowest BCUT2D eigenvalue weighted by Crippen LogP contribution is -2.20. The van der Waals surface area contributed by atoms with Crippen LogP contribution in [0.2, 0.25) is 0 Å². The van der Waals surface area contributed by atoms with Crippen molar-refractivity contribution in [2.75, 3.05) is 11.9 Å². The van der Waals surface area contributed by atoms with Crippen LogP contribution in [0.15, 0.2) is 72.8 Å². The number of carbonyl (C=O) groups excluding carboxylic acids is 1. The molecule has 1 amide bonds. The second-order valence-electron chi connectivity index (χ2n) is 6.39. The lowest BCUT2D eigenvalue weighted by Gasteiger charge is -2.12. The zero-order chi connectivity index (χ0) is 21.1. The van der Waals surface area contributed by atoms with E-state index in [9.17, 15) is 18.0 Å². The van der Waals surface area contributed by atoms with E-state index >= 15 is 0 Å². The number of thiazole rings is 1. The normalized spacial score (nSPS) is 11.4. The molecule has 1 heterocycles. The van der Waals surface area contributed by atoms with Crippen LogP contribution in [0.5, 0.6) is 5.75 Å². The number of amides is 1. The number of aromatic nitrogens is 1. The summed E-state index contributed by atoms with van der Waals surface area (Å²) in [6.45, 7) is -0.421. The molecule has 1 N–H and O–H groups in total. The molecular weight excluding hydrogens is 413 g/mol. The minimum Gasteiger partial charge on any atom is -0.484 e. The number of fused-ring (bicyclic) bond motifs is 1. The van der Waals surface area contributed by atoms with Crippen molar-refractivity contribution in [3.8, 4) is 16.3 Å². The van der Waals surface area contributed by atoms with Crippen molar-refractivity contribution in [3.05, 3.63) is 78.4 Å². The van der Waals surface area contributed by atoms with Crippen molar-refractivity contribution in [1.29, 1.82) is 0 Å². The first kappa shape index (κ1) is 19.9. The van der Waals surface area contributed by atoms with Crippen LogP contribution in [0.1, 0.15) is 5.56 Å². The molecule has 8 heteroatoms. The zero-order valence-corrected chi connectivity index (χ0v) is 16.3. The van der Waals surface area contributed by atoms with E-state index in [0.717, 1.165) is 32.9 Å². The summed E-state index contributed by atoms with van der Waals surface area (Å²) in [7, 11) is 0. The van der Waals surface area contributed by atoms with Crippen LogP contribution in [0.25, 0.3) is 20.8 Å². The van der Waals surface area contributed by atoms with Gasteiger partial charge in [0.05, 0.1) is 21.5 Å². The van der Waals surface area contributed by atoms with Gasteiger partial charge in [-0.1, -0.05) is 30.3 Å². The largest absolute Gasteiger partial charge is 0.484 e. The molecule has 0 atom stereocenters. The summed E-state index contributed by atoms with van der Waals surface area (Å²) >= 11 is 1.51. The minimum atomic E-state index is -4.47. The topological polar surface area (TPSA) is 51.2 Å². The van der Waals surface area contributed by atoms with Crippen molar-refractivity contribution in [1.82, 2.24) is 4.98 Å². The summed E-state index contributed by atoms with van der Waals surface area (Å²) in [5, 5.41) is 3.50. The molecule has 0 bridgehead atoms. The smallest absolute Gasteiger partial charge is 0.416 e. The molecule has 0 saturated heterocycles. The Bertz CT molecular complexity index is 1170. The Hall–Kier alpha value is -3.39. The molecule has 0 unspecified atom stereocenters. The third kappa shape index (κ3) is 4.44. The van der Waals surface area contributed by atoms with Gasteiger partial charge in [0.1, 0.15) is 10.8 Å². The highest BCUT2D eigenvalue weighted by Gasteiger charge is 2.30. The molecule has 4 aromatic rings. The molecule has 0 radical (unpaired) electrons. The first-order valence-electron chi connectivity index (χ1n) is 8.95. The number of alkyl halides is 3. The fourth-order valence-electron chi connectivity index (χ4n) is 2.86. The van der Waals surface area contributed by atoms with Gasteiger partial charge in [-0.15, -0.1) is 11.3 Å². The highest BCUT2D eigenvalue weighted by atomic mass is 32.1. The van der Waals surface area contributed by atoms with Crippen LogP contribution in [-0.4, -0.2) is 17.5 Å². The first-order chi connectivity index (χ1) is 14.4. The lowest BCUT2D eigenvalue weighted by atomic mass is 10.2. The maximum Gasteiger partial charge on any atom is 0.416 e. The monoisotopic (exact) mass is 428 g/mol. The molecule has 1 aromatic heterocycles. The van der Waals surface area contributed by atoms with Gasteiger partial charge >= 0.3 is 6.18 Å². The third-order valence-electron chi connectivity index (χ3n) is 4.26. The maximum absolute atomic E-state index is 12.8. The summed E-state index contributed by atoms with van der Waals surface area (Å²) in [5.41, 5.74) is 1.34. The Morgan fingerprint density at radius 3 is 2.57 bits per heavy atom. The fourth-order valence-corrected chi connectivity index (χ4v) is 3.87. The van der Waals surface area contributed by atoms with E-state index in [1.807, 2.05) is 36.4 Å². The lowest BCUT2D eigenvalue weighted by molar-refractivity contribution is -0.137. The average molecular weight is 428 g/mol. The Labute approximate surface area is 174 Å². The molecule has 0 fully saturated rings. The Morgan fingerprint density at radius 1 is 1.00 bits per heavy atom. The Balaban J connectivity index is 1.48. The number of hydrogen-bond acceptors (Lipinski definition) is 4. The first-order valence-corrected chi connectivity index (χ1v) is 9.77. The maximum atomic E-state index is 12.8. The summed E-state index contributed by atoms with van der Waals surface area (Å²) in [6, 6.07) is 19.4. The van der Waals surface area contributed by atoms with Crippen molar-refractivity contribution in [2.24, 2.45) is 0 Å². The van der Waals surface area contributed by atoms with E-state index in [4.69, 9.17) is 4.74 Å².